The standard InChI is InChI=1S/C15H18N2O2/c1-4-6-14(19)11-8-12-13(7-10(11)3)17(5-2)15(9-18)16-12/h7-9H,4-6H2,1-3H3. The fourth-order valence-corrected chi connectivity index (χ4v) is 2.38. The molecule has 100 valence electrons. The van der Waals surface area contributed by atoms with Crippen molar-refractivity contribution in [1.29, 1.82) is 0 Å². The van der Waals surface area contributed by atoms with Gasteiger partial charge >= 0.3 is 0 Å². The number of aldehydes is 1. The van der Waals surface area contributed by atoms with E-state index >= 15 is 0 Å². The first kappa shape index (κ1) is 13.5. The molecule has 0 aliphatic heterocycles. The van der Waals surface area contributed by atoms with Gasteiger partial charge in [-0.1, -0.05) is 6.92 Å². The second kappa shape index (κ2) is 5.34. The Bertz CT molecular complexity index is 641. The lowest BCUT2D eigenvalue weighted by molar-refractivity contribution is 0.0981. The van der Waals surface area contributed by atoms with Gasteiger partial charge < -0.3 is 4.57 Å². The van der Waals surface area contributed by atoms with Crippen LogP contribution < -0.4 is 0 Å². The highest BCUT2D eigenvalue weighted by Gasteiger charge is 2.14. The van der Waals surface area contributed by atoms with Crippen LogP contribution in [0.25, 0.3) is 11.0 Å². The number of hydrogen-bond donors (Lipinski definition) is 0. The van der Waals surface area contributed by atoms with Crippen molar-refractivity contribution < 1.29 is 9.59 Å². The Morgan fingerprint density at radius 1 is 1.37 bits per heavy atom. The monoisotopic (exact) mass is 258 g/mol. The highest BCUT2D eigenvalue weighted by atomic mass is 16.1. The van der Waals surface area contributed by atoms with Crippen molar-refractivity contribution in [1.82, 2.24) is 9.55 Å². The maximum atomic E-state index is 12.0. The summed E-state index contributed by atoms with van der Waals surface area (Å²) in [6.45, 7) is 6.57. The predicted molar refractivity (Wildman–Crippen MR) is 74.8 cm³/mol. The number of ketones is 1. The minimum Gasteiger partial charge on any atom is -0.322 e. The van der Waals surface area contributed by atoms with Gasteiger partial charge in [-0.2, -0.15) is 0 Å². The SMILES string of the molecule is CCCC(=O)c1cc2nc(C=O)n(CC)c2cc1C. The van der Waals surface area contributed by atoms with E-state index in [0.29, 0.717) is 29.9 Å². The molecule has 4 heteroatoms. The largest absolute Gasteiger partial charge is 0.322 e. The first-order chi connectivity index (χ1) is 9.12. The molecule has 0 aliphatic carbocycles. The Morgan fingerprint density at radius 3 is 2.68 bits per heavy atom. The molecule has 0 fully saturated rings. The number of Topliss-reactive ketones (excluding diaryl/α,β-unsaturated/α-hetero) is 1. The molecule has 1 aromatic carbocycles. The van der Waals surface area contributed by atoms with Gasteiger partial charge in [0, 0.05) is 18.5 Å². The average Bonchev–Trinajstić information content (AvgIpc) is 2.74. The summed E-state index contributed by atoms with van der Waals surface area (Å²) in [4.78, 5) is 27.3. The van der Waals surface area contributed by atoms with Crippen molar-refractivity contribution in [2.45, 2.75) is 40.2 Å². The molecule has 1 aromatic heterocycles. The fraction of sp³-hybridized carbons (Fsp3) is 0.400. The Labute approximate surface area is 112 Å². The first-order valence-corrected chi connectivity index (χ1v) is 6.61. The number of carbonyl (C=O) groups excluding carboxylic acids is 2. The third-order valence-corrected chi connectivity index (χ3v) is 3.32. The normalized spacial score (nSPS) is 10.9. The number of aryl methyl sites for hydroxylation is 2. The third kappa shape index (κ3) is 2.30. The maximum Gasteiger partial charge on any atom is 0.185 e. The summed E-state index contributed by atoms with van der Waals surface area (Å²) in [7, 11) is 0. The van der Waals surface area contributed by atoms with Crippen LogP contribution in [-0.4, -0.2) is 21.6 Å². The topological polar surface area (TPSA) is 52.0 Å². The number of nitrogens with zero attached hydrogens (tertiary/aromatic N) is 2. The van der Waals surface area contributed by atoms with Crippen LogP contribution in [-0.2, 0) is 6.54 Å². The highest BCUT2D eigenvalue weighted by Crippen LogP contribution is 2.22. The molecule has 2 aromatic rings. The minimum absolute atomic E-state index is 0.139. The van der Waals surface area contributed by atoms with E-state index in [0.717, 1.165) is 23.8 Å². The van der Waals surface area contributed by atoms with Gasteiger partial charge in [-0.25, -0.2) is 4.98 Å². The summed E-state index contributed by atoms with van der Waals surface area (Å²) < 4.78 is 1.86. The highest BCUT2D eigenvalue weighted by molar-refractivity contribution is 6.00. The lowest BCUT2D eigenvalue weighted by atomic mass is 10.0. The molecule has 0 aliphatic rings. The zero-order chi connectivity index (χ0) is 14.0. The lowest BCUT2D eigenvalue weighted by Gasteiger charge is -2.06. The number of carbonyl (C=O) groups is 2. The summed E-state index contributed by atoms with van der Waals surface area (Å²) in [5.74, 6) is 0.553. The van der Waals surface area contributed by atoms with Gasteiger partial charge in [0.1, 0.15) is 0 Å². The van der Waals surface area contributed by atoms with E-state index in [4.69, 9.17) is 0 Å². The van der Waals surface area contributed by atoms with E-state index in [-0.39, 0.29) is 5.78 Å². The van der Waals surface area contributed by atoms with Crippen molar-refractivity contribution in [3.05, 3.63) is 29.1 Å². The molecule has 0 saturated heterocycles. The van der Waals surface area contributed by atoms with Crippen LogP contribution in [0.2, 0.25) is 0 Å². The van der Waals surface area contributed by atoms with Crippen LogP contribution in [0.4, 0.5) is 0 Å². The van der Waals surface area contributed by atoms with Gasteiger partial charge in [0.25, 0.3) is 0 Å². The second-order valence-electron chi connectivity index (χ2n) is 4.66. The summed E-state index contributed by atoms with van der Waals surface area (Å²) in [5.41, 5.74) is 3.29. The van der Waals surface area contributed by atoms with Crippen LogP contribution in [0.15, 0.2) is 12.1 Å². The molecule has 0 bridgehead atoms. The molecule has 1 heterocycles. The molecule has 2 rings (SSSR count). The van der Waals surface area contributed by atoms with Crippen molar-refractivity contribution in [2.75, 3.05) is 0 Å². The van der Waals surface area contributed by atoms with Gasteiger partial charge in [-0.15, -0.1) is 0 Å². The molecule has 0 saturated carbocycles. The quantitative estimate of drug-likeness (QED) is 0.611. The van der Waals surface area contributed by atoms with Gasteiger partial charge in [-0.05, 0) is 38.0 Å². The van der Waals surface area contributed by atoms with E-state index in [1.165, 1.54) is 0 Å². The summed E-state index contributed by atoms with van der Waals surface area (Å²) in [6, 6.07) is 3.75. The third-order valence-electron chi connectivity index (χ3n) is 3.32. The van der Waals surface area contributed by atoms with E-state index in [1.54, 1.807) is 0 Å². The molecule has 0 radical (unpaired) electrons. The lowest BCUT2D eigenvalue weighted by Crippen LogP contribution is -2.02. The van der Waals surface area contributed by atoms with E-state index in [2.05, 4.69) is 4.98 Å². The van der Waals surface area contributed by atoms with Gasteiger partial charge in [0.15, 0.2) is 17.9 Å². The molecular formula is C15H18N2O2. The zero-order valence-electron chi connectivity index (χ0n) is 11.6. The minimum atomic E-state index is 0.139. The molecule has 0 atom stereocenters. The molecule has 0 unspecified atom stereocenters. The number of benzene rings is 1. The van der Waals surface area contributed by atoms with Crippen molar-refractivity contribution in [2.24, 2.45) is 0 Å². The maximum absolute atomic E-state index is 12.0. The summed E-state index contributed by atoms with van der Waals surface area (Å²) in [5, 5.41) is 0. The van der Waals surface area contributed by atoms with Gasteiger partial charge in [0.2, 0.25) is 0 Å². The smallest absolute Gasteiger partial charge is 0.185 e. The Morgan fingerprint density at radius 2 is 2.11 bits per heavy atom. The summed E-state index contributed by atoms with van der Waals surface area (Å²) >= 11 is 0. The van der Waals surface area contributed by atoms with E-state index < -0.39 is 0 Å². The molecule has 4 nitrogen and oxygen atoms in total. The van der Waals surface area contributed by atoms with Crippen molar-refractivity contribution in [3.8, 4) is 0 Å². The Balaban J connectivity index is 2.63. The molecule has 0 N–H and O–H groups in total. The Kier molecular flexibility index (Phi) is 3.79. The van der Waals surface area contributed by atoms with Crippen molar-refractivity contribution >= 4 is 23.1 Å². The average molecular weight is 258 g/mol. The molecule has 0 amide bonds. The van der Waals surface area contributed by atoms with Gasteiger partial charge in [0.05, 0.1) is 11.0 Å². The first-order valence-electron chi connectivity index (χ1n) is 6.61. The fourth-order valence-electron chi connectivity index (χ4n) is 2.38. The number of fused-ring (bicyclic) bond motifs is 1. The number of hydrogen-bond acceptors (Lipinski definition) is 3. The van der Waals surface area contributed by atoms with Crippen LogP contribution in [0, 0.1) is 6.92 Å². The van der Waals surface area contributed by atoms with Crippen LogP contribution in [0.5, 0.6) is 0 Å². The number of imidazole rings is 1. The Hall–Kier alpha value is -1.97. The van der Waals surface area contributed by atoms with Gasteiger partial charge in [-0.3, -0.25) is 9.59 Å². The van der Waals surface area contributed by atoms with Crippen molar-refractivity contribution in [3.63, 3.8) is 0 Å². The summed E-state index contributed by atoms with van der Waals surface area (Å²) in [6.07, 6.45) is 2.13. The second-order valence-corrected chi connectivity index (χ2v) is 4.66. The molecule has 19 heavy (non-hydrogen) atoms. The predicted octanol–water partition coefficient (Wildman–Crippen LogP) is 3.16. The van der Waals surface area contributed by atoms with Crippen LogP contribution >= 0.6 is 0 Å². The number of rotatable bonds is 5. The van der Waals surface area contributed by atoms with E-state index in [9.17, 15) is 9.59 Å². The zero-order valence-corrected chi connectivity index (χ0v) is 11.6. The number of aromatic nitrogens is 2. The molecule has 0 spiro atoms. The van der Waals surface area contributed by atoms with E-state index in [1.807, 2.05) is 37.5 Å². The molecular weight excluding hydrogens is 240 g/mol. The van der Waals surface area contributed by atoms with Crippen LogP contribution in [0.3, 0.4) is 0 Å². The van der Waals surface area contributed by atoms with Crippen LogP contribution in [0.1, 0.15) is 53.2 Å².